The lowest BCUT2D eigenvalue weighted by Crippen LogP contribution is -2.48. The number of hydrogen-bond donors (Lipinski definition) is 1. The van der Waals surface area contributed by atoms with Crippen molar-refractivity contribution in [3.05, 3.63) is 24.3 Å². The predicted octanol–water partition coefficient (Wildman–Crippen LogP) is 3.07. The Hall–Kier alpha value is -1.69. The quantitative estimate of drug-likeness (QED) is 0.901. The topological polar surface area (TPSA) is 52.7 Å². The molecule has 2 amide bonds. The van der Waals surface area contributed by atoms with Gasteiger partial charge in [0.2, 0.25) is 11.8 Å². The third kappa shape index (κ3) is 3.01. The van der Waals surface area contributed by atoms with Crippen molar-refractivity contribution in [1.29, 1.82) is 0 Å². The van der Waals surface area contributed by atoms with Gasteiger partial charge in [0.05, 0.1) is 16.2 Å². The van der Waals surface area contributed by atoms with Crippen molar-refractivity contribution in [2.45, 2.75) is 49.9 Å². The molecule has 1 aromatic rings. The fourth-order valence-electron chi connectivity index (χ4n) is 4.22. The van der Waals surface area contributed by atoms with Crippen LogP contribution in [0.5, 0.6) is 0 Å². The summed E-state index contributed by atoms with van der Waals surface area (Å²) in [5.74, 6) is 0.729. The van der Waals surface area contributed by atoms with Crippen LogP contribution in [0.4, 0.5) is 11.4 Å². The summed E-state index contributed by atoms with van der Waals surface area (Å²) in [4.78, 5) is 29.2. The van der Waals surface area contributed by atoms with Crippen LogP contribution in [-0.2, 0) is 9.59 Å². The van der Waals surface area contributed by atoms with Crippen molar-refractivity contribution < 1.29 is 9.59 Å². The number of piperidine rings is 1. The largest absolute Gasteiger partial charge is 0.370 e. The second-order valence-electron chi connectivity index (χ2n) is 7.32. The van der Waals surface area contributed by atoms with Crippen LogP contribution < -0.4 is 10.2 Å². The summed E-state index contributed by atoms with van der Waals surface area (Å²) in [7, 11) is 0. The van der Waals surface area contributed by atoms with Crippen molar-refractivity contribution in [2.24, 2.45) is 0 Å². The first-order valence-electron chi connectivity index (χ1n) is 9.19. The number of nitrogens with zero attached hydrogens (tertiary/aromatic N) is 2. The highest BCUT2D eigenvalue weighted by molar-refractivity contribution is 8.01. The van der Waals surface area contributed by atoms with Gasteiger partial charge in [0.25, 0.3) is 0 Å². The first kappa shape index (κ1) is 16.8. The van der Waals surface area contributed by atoms with Crippen LogP contribution in [0.15, 0.2) is 24.3 Å². The van der Waals surface area contributed by atoms with Crippen LogP contribution in [0, 0.1) is 0 Å². The first-order chi connectivity index (χ1) is 12.1. The average Bonchev–Trinajstić information content (AvgIpc) is 3.12. The van der Waals surface area contributed by atoms with E-state index in [2.05, 4.69) is 23.2 Å². The van der Waals surface area contributed by atoms with Crippen molar-refractivity contribution in [2.75, 3.05) is 29.1 Å². The summed E-state index contributed by atoms with van der Waals surface area (Å²) in [6.07, 6.45) is 5.06. The molecular formula is C19H25N3O2S. The summed E-state index contributed by atoms with van der Waals surface area (Å²) in [6, 6.07) is 7.66. The molecule has 0 aliphatic carbocycles. The van der Waals surface area contributed by atoms with Crippen molar-refractivity contribution in [3.63, 3.8) is 0 Å². The van der Waals surface area contributed by atoms with Gasteiger partial charge >= 0.3 is 0 Å². The summed E-state index contributed by atoms with van der Waals surface area (Å²) < 4.78 is 0. The zero-order valence-corrected chi connectivity index (χ0v) is 15.5. The normalized spacial score (nSPS) is 29.0. The molecule has 5 nitrogen and oxygen atoms in total. The Morgan fingerprint density at radius 2 is 2.00 bits per heavy atom. The Kier molecular flexibility index (Phi) is 4.40. The van der Waals surface area contributed by atoms with Crippen LogP contribution in [-0.4, -0.2) is 46.5 Å². The maximum Gasteiger partial charge on any atom is 0.248 e. The molecule has 0 unspecified atom stereocenters. The molecule has 3 saturated heterocycles. The lowest BCUT2D eigenvalue weighted by molar-refractivity contribution is -0.135. The molecule has 4 rings (SSSR count). The van der Waals surface area contributed by atoms with E-state index in [9.17, 15) is 9.59 Å². The number of rotatable bonds is 3. The smallest absolute Gasteiger partial charge is 0.248 e. The third-order valence-electron chi connectivity index (χ3n) is 5.61. The SMILES string of the molecule is C[C@]12CCC(=O)N1[C@H](C(=O)Nc1ccccc1N1CCCCC1)CS2. The fourth-order valence-corrected chi connectivity index (χ4v) is 5.65. The summed E-state index contributed by atoms with van der Waals surface area (Å²) in [5, 5.41) is 3.11. The number of amides is 2. The van der Waals surface area contributed by atoms with E-state index in [4.69, 9.17) is 0 Å². The molecule has 6 heteroatoms. The second-order valence-corrected chi connectivity index (χ2v) is 8.82. The summed E-state index contributed by atoms with van der Waals surface area (Å²) in [6.45, 7) is 4.15. The van der Waals surface area contributed by atoms with Crippen molar-refractivity contribution >= 4 is 35.0 Å². The Bertz CT molecular complexity index is 689. The minimum absolute atomic E-state index is 0.0593. The summed E-state index contributed by atoms with van der Waals surface area (Å²) >= 11 is 1.73. The lowest BCUT2D eigenvalue weighted by Gasteiger charge is -2.32. The molecule has 0 spiro atoms. The molecule has 1 N–H and O–H groups in total. The van der Waals surface area contributed by atoms with E-state index in [1.165, 1.54) is 19.3 Å². The molecule has 0 radical (unpaired) electrons. The van der Waals surface area contributed by atoms with E-state index in [0.717, 1.165) is 30.9 Å². The monoisotopic (exact) mass is 359 g/mol. The zero-order valence-electron chi connectivity index (χ0n) is 14.7. The van der Waals surface area contributed by atoms with Gasteiger partial charge in [-0.3, -0.25) is 9.59 Å². The van der Waals surface area contributed by atoms with Gasteiger partial charge in [-0.25, -0.2) is 0 Å². The van der Waals surface area contributed by atoms with Crippen LogP contribution in [0.3, 0.4) is 0 Å². The van der Waals surface area contributed by atoms with Crippen LogP contribution in [0.25, 0.3) is 0 Å². The minimum atomic E-state index is -0.362. The van der Waals surface area contributed by atoms with Gasteiger partial charge in [0, 0.05) is 25.3 Å². The van der Waals surface area contributed by atoms with E-state index in [0.29, 0.717) is 12.2 Å². The van der Waals surface area contributed by atoms with Crippen LogP contribution in [0.1, 0.15) is 39.0 Å². The number of carbonyl (C=O) groups excluding carboxylic acids is 2. The Morgan fingerprint density at radius 3 is 2.80 bits per heavy atom. The van der Waals surface area contributed by atoms with Gasteiger partial charge < -0.3 is 15.1 Å². The number of fused-ring (bicyclic) bond motifs is 1. The number of nitrogens with one attached hydrogen (secondary N) is 1. The lowest BCUT2D eigenvalue weighted by atomic mass is 10.1. The molecule has 0 aromatic heterocycles. The molecule has 0 saturated carbocycles. The molecule has 3 heterocycles. The Morgan fingerprint density at radius 1 is 1.24 bits per heavy atom. The standard InChI is InChI=1S/C19H25N3O2S/c1-19-10-9-17(23)22(19)16(13-25-19)18(24)20-14-7-3-4-8-15(14)21-11-5-2-6-12-21/h3-4,7-8,16H,2,5-6,9-13H2,1H3,(H,20,24)/t16-,19-/m0/s1. The van der Waals surface area contributed by atoms with Gasteiger partial charge in [-0.05, 0) is 44.7 Å². The fraction of sp³-hybridized carbons (Fsp3) is 0.579. The molecule has 25 heavy (non-hydrogen) atoms. The van der Waals surface area contributed by atoms with Crippen LogP contribution >= 0.6 is 11.8 Å². The highest BCUT2D eigenvalue weighted by Gasteiger charge is 2.52. The Labute approximate surface area is 153 Å². The molecule has 3 aliphatic heterocycles. The first-order valence-corrected chi connectivity index (χ1v) is 10.2. The van der Waals surface area contributed by atoms with Crippen LogP contribution in [0.2, 0.25) is 0 Å². The van der Waals surface area contributed by atoms with E-state index in [-0.39, 0.29) is 22.7 Å². The average molecular weight is 359 g/mol. The highest BCUT2D eigenvalue weighted by atomic mass is 32.2. The number of thioether (sulfide) groups is 1. The van der Waals surface area contributed by atoms with Gasteiger partial charge in [-0.2, -0.15) is 0 Å². The van der Waals surface area contributed by atoms with E-state index < -0.39 is 0 Å². The van der Waals surface area contributed by atoms with E-state index in [1.54, 1.807) is 11.8 Å². The maximum atomic E-state index is 12.9. The molecule has 3 fully saturated rings. The number of para-hydroxylation sites is 2. The van der Waals surface area contributed by atoms with Crippen molar-refractivity contribution in [1.82, 2.24) is 4.90 Å². The predicted molar refractivity (Wildman–Crippen MR) is 102 cm³/mol. The Balaban J connectivity index is 1.53. The maximum absolute atomic E-state index is 12.9. The zero-order chi connectivity index (χ0) is 17.4. The van der Waals surface area contributed by atoms with Gasteiger partial charge in [-0.15, -0.1) is 11.8 Å². The highest BCUT2D eigenvalue weighted by Crippen LogP contribution is 2.47. The van der Waals surface area contributed by atoms with Gasteiger partial charge in [-0.1, -0.05) is 12.1 Å². The molecule has 134 valence electrons. The molecular weight excluding hydrogens is 334 g/mol. The summed E-state index contributed by atoms with van der Waals surface area (Å²) in [5.41, 5.74) is 1.95. The molecule has 0 bridgehead atoms. The molecule has 3 aliphatic rings. The minimum Gasteiger partial charge on any atom is -0.370 e. The van der Waals surface area contributed by atoms with Gasteiger partial charge in [0.1, 0.15) is 6.04 Å². The number of carbonyl (C=O) groups is 2. The number of hydrogen-bond acceptors (Lipinski definition) is 4. The van der Waals surface area contributed by atoms with E-state index >= 15 is 0 Å². The number of anilines is 2. The second kappa shape index (κ2) is 6.56. The third-order valence-corrected chi connectivity index (χ3v) is 7.11. The van der Waals surface area contributed by atoms with E-state index in [1.807, 2.05) is 23.1 Å². The molecule has 1 aromatic carbocycles. The molecule has 2 atom stereocenters. The van der Waals surface area contributed by atoms with Gasteiger partial charge in [0.15, 0.2) is 0 Å². The van der Waals surface area contributed by atoms with Crippen molar-refractivity contribution in [3.8, 4) is 0 Å². The number of benzene rings is 1.